The summed E-state index contributed by atoms with van der Waals surface area (Å²) < 4.78 is 39.0. The molecule has 102 valence electrons. The average Bonchev–Trinajstić information content (AvgIpc) is 2.73. The molecule has 0 saturated heterocycles. The van der Waals surface area contributed by atoms with Gasteiger partial charge in [0.1, 0.15) is 0 Å². The third-order valence-corrected chi connectivity index (χ3v) is 3.04. The van der Waals surface area contributed by atoms with Crippen molar-refractivity contribution < 1.29 is 18.0 Å². The van der Waals surface area contributed by atoms with Crippen molar-refractivity contribution in [1.82, 2.24) is 9.78 Å². The van der Waals surface area contributed by atoms with Gasteiger partial charge in [0.15, 0.2) is 0 Å². The minimum atomic E-state index is -4.87. The summed E-state index contributed by atoms with van der Waals surface area (Å²) in [5.41, 5.74) is 0.785. The van der Waals surface area contributed by atoms with E-state index in [0.717, 1.165) is 0 Å². The highest BCUT2D eigenvalue weighted by molar-refractivity contribution is 6.31. The second-order valence-corrected chi connectivity index (χ2v) is 4.65. The number of Topliss-reactive ketones (excluding diaryl/α,β-unsaturated/α-hetero) is 1. The van der Waals surface area contributed by atoms with E-state index in [1.165, 1.54) is 23.0 Å². The van der Waals surface area contributed by atoms with E-state index in [-0.39, 0.29) is 12.1 Å². The molecule has 2 rings (SSSR count). The van der Waals surface area contributed by atoms with Crippen molar-refractivity contribution in [3.05, 3.63) is 35.1 Å². The van der Waals surface area contributed by atoms with E-state index in [4.69, 9.17) is 11.6 Å². The first kappa shape index (κ1) is 13.9. The summed E-state index contributed by atoms with van der Waals surface area (Å²) in [6, 6.07) is 1.64. The first-order chi connectivity index (χ1) is 8.79. The van der Waals surface area contributed by atoms with Crippen LogP contribution in [0, 0.1) is 12.8 Å². The zero-order valence-corrected chi connectivity index (χ0v) is 10.7. The normalized spacial score (nSPS) is 19.9. The molecule has 0 amide bonds. The first-order valence-corrected chi connectivity index (χ1v) is 5.88. The number of nitrogens with zero attached hydrogens (tertiary/aromatic N) is 2. The van der Waals surface area contributed by atoms with Gasteiger partial charge in [0.2, 0.25) is 5.78 Å². The van der Waals surface area contributed by atoms with E-state index in [2.05, 4.69) is 5.10 Å². The number of alkyl halides is 3. The molecule has 3 nitrogen and oxygen atoms in total. The van der Waals surface area contributed by atoms with Crippen molar-refractivity contribution in [2.24, 2.45) is 5.92 Å². The van der Waals surface area contributed by atoms with Gasteiger partial charge in [0, 0.05) is 11.2 Å². The molecular weight excluding hydrogens is 281 g/mol. The summed E-state index contributed by atoms with van der Waals surface area (Å²) >= 11 is 5.80. The standard InChI is InChI=1S/C12H10ClF3N2O/c1-7-4-5-18(17-7)10-6-8(13)2-3-9(10)11(19)12(14,15)16/h2,4-6,9H,3H2,1H3. The third-order valence-electron chi connectivity index (χ3n) is 2.77. The van der Waals surface area contributed by atoms with Crippen LogP contribution in [0.3, 0.4) is 0 Å². The van der Waals surface area contributed by atoms with E-state index >= 15 is 0 Å². The summed E-state index contributed by atoms with van der Waals surface area (Å²) in [5.74, 6) is -3.09. The molecular formula is C12H10ClF3N2O. The number of hydrogen-bond acceptors (Lipinski definition) is 2. The van der Waals surface area contributed by atoms with Crippen LogP contribution in [0.15, 0.2) is 29.4 Å². The van der Waals surface area contributed by atoms with Crippen LogP contribution < -0.4 is 0 Å². The molecule has 1 heterocycles. The number of ketones is 1. The number of rotatable bonds is 2. The fourth-order valence-corrected chi connectivity index (χ4v) is 2.08. The lowest BCUT2D eigenvalue weighted by Gasteiger charge is -2.22. The van der Waals surface area contributed by atoms with E-state index in [0.29, 0.717) is 10.7 Å². The Bertz CT molecular complexity index is 572. The first-order valence-electron chi connectivity index (χ1n) is 5.50. The van der Waals surface area contributed by atoms with Crippen molar-refractivity contribution in [2.45, 2.75) is 19.5 Å². The monoisotopic (exact) mass is 290 g/mol. The maximum absolute atomic E-state index is 12.6. The number of halogens is 4. The minimum Gasteiger partial charge on any atom is -0.289 e. The van der Waals surface area contributed by atoms with E-state index in [1.54, 1.807) is 13.0 Å². The molecule has 0 bridgehead atoms. The molecule has 1 aromatic rings. The zero-order valence-electron chi connectivity index (χ0n) is 9.91. The van der Waals surface area contributed by atoms with Gasteiger partial charge in [-0.25, -0.2) is 4.68 Å². The predicted octanol–water partition coefficient (Wildman–Crippen LogP) is 3.31. The molecule has 7 heteroatoms. The Morgan fingerprint density at radius 1 is 1.53 bits per heavy atom. The molecule has 0 spiro atoms. The molecule has 19 heavy (non-hydrogen) atoms. The van der Waals surface area contributed by atoms with Crippen molar-refractivity contribution in [2.75, 3.05) is 0 Å². The highest BCUT2D eigenvalue weighted by Crippen LogP contribution is 2.34. The van der Waals surface area contributed by atoms with Crippen LogP contribution in [0.5, 0.6) is 0 Å². The average molecular weight is 291 g/mol. The highest BCUT2D eigenvalue weighted by Gasteiger charge is 2.45. The van der Waals surface area contributed by atoms with Crippen LogP contribution in [-0.2, 0) is 4.79 Å². The molecule has 0 fully saturated rings. The maximum atomic E-state index is 12.6. The molecule has 0 aliphatic heterocycles. The fourth-order valence-electron chi connectivity index (χ4n) is 1.88. The van der Waals surface area contributed by atoms with E-state index in [9.17, 15) is 18.0 Å². The topological polar surface area (TPSA) is 34.9 Å². The zero-order chi connectivity index (χ0) is 14.2. The summed E-state index contributed by atoms with van der Waals surface area (Å²) in [4.78, 5) is 11.4. The maximum Gasteiger partial charge on any atom is 0.450 e. The van der Waals surface area contributed by atoms with Gasteiger partial charge in [0.25, 0.3) is 0 Å². The fraction of sp³-hybridized carbons (Fsp3) is 0.333. The summed E-state index contributed by atoms with van der Waals surface area (Å²) in [6.45, 7) is 1.71. The van der Waals surface area contributed by atoms with E-state index < -0.39 is 17.9 Å². The third kappa shape index (κ3) is 2.89. The van der Waals surface area contributed by atoms with Gasteiger partial charge in [-0.2, -0.15) is 18.3 Å². The largest absolute Gasteiger partial charge is 0.450 e. The van der Waals surface area contributed by atoms with E-state index in [1.807, 2.05) is 0 Å². The van der Waals surface area contributed by atoms with Crippen molar-refractivity contribution in [3.8, 4) is 0 Å². The Morgan fingerprint density at radius 2 is 2.21 bits per heavy atom. The predicted molar refractivity (Wildman–Crippen MR) is 64.3 cm³/mol. The van der Waals surface area contributed by atoms with Gasteiger partial charge in [-0.05, 0) is 25.5 Å². The minimum absolute atomic E-state index is 0.0814. The van der Waals surface area contributed by atoms with Gasteiger partial charge in [0.05, 0.1) is 17.3 Å². The molecule has 0 saturated carbocycles. The van der Waals surface area contributed by atoms with Crippen LogP contribution in [-0.4, -0.2) is 21.7 Å². The van der Waals surface area contributed by atoms with Crippen LogP contribution in [0.4, 0.5) is 13.2 Å². The number of hydrogen-bond donors (Lipinski definition) is 0. The summed E-state index contributed by atoms with van der Waals surface area (Å²) in [7, 11) is 0. The van der Waals surface area contributed by atoms with Gasteiger partial charge in [-0.15, -0.1) is 0 Å². The number of carbonyl (C=O) groups is 1. The van der Waals surface area contributed by atoms with Crippen molar-refractivity contribution in [3.63, 3.8) is 0 Å². The molecule has 1 unspecified atom stereocenters. The van der Waals surface area contributed by atoms with Gasteiger partial charge >= 0.3 is 6.18 Å². The quantitative estimate of drug-likeness (QED) is 0.837. The molecule has 1 atom stereocenters. The van der Waals surface area contributed by atoms with Crippen LogP contribution in [0.1, 0.15) is 12.1 Å². The molecule has 1 aliphatic rings. The second kappa shape index (κ2) is 4.85. The SMILES string of the molecule is Cc1ccn(C2=CC(Cl)=CCC2C(=O)C(F)(F)F)n1. The Balaban J connectivity index is 2.40. The number of aryl methyl sites for hydroxylation is 1. The Hall–Kier alpha value is -1.56. The van der Waals surface area contributed by atoms with Gasteiger partial charge < -0.3 is 0 Å². The lowest BCUT2D eigenvalue weighted by Crippen LogP contribution is -2.33. The molecule has 1 aliphatic carbocycles. The Morgan fingerprint density at radius 3 is 2.74 bits per heavy atom. The van der Waals surface area contributed by atoms with Gasteiger partial charge in [-0.1, -0.05) is 17.7 Å². The van der Waals surface area contributed by atoms with Crippen LogP contribution in [0.2, 0.25) is 0 Å². The lowest BCUT2D eigenvalue weighted by atomic mass is 9.92. The Labute approximate surface area is 112 Å². The molecule has 0 aromatic carbocycles. The summed E-state index contributed by atoms with van der Waals surface area (Å²) in [6.07, 6.45) is -0.708. The van der Waals surface area contributed by atoms with Gasteiger partial charge in [-0.3, -0.25) is 4.79 Å². The van der Waals surface area contributed by atoms with Crippen LogP contribution in [0.25, 0.3) is 5.70 Å². The van der Waals surface area contributed by atoms with Crippen molar-refractivity contribution >= 4 is 23.1 Å². The number of allylic oxidation sites excluding steroid dienone is 4. The number of aromatic nitrogens is 2. The molecule has 1 aromatic heterocycles. The Kier molecular flexibility index (Phi) is 3.54. The number of carbonyl (C=O) groups excluding carboxylic acids is 1. The lowest BCUT2D eigenvalue weighted by molar-refractivity contribution is -0.173. The molecule has 0 radical (unpaired) electrons. The van der Waals surface area contributed by atoms with Crippen LogP contribution >= 0.6 is 11.6 Å². The molecule has 0 N–H and O–H groups in total. The smallest absolute Gasteiger partial charge is 0.289 e. The second-order valence-electron chi connectivity index (χ2n) is 4.21. The van der Waals surface area contributed by atoms with Crippen molar-refractivity contribution in [1.29, 1.82) is 0 Å². The summed E-state index contributed by atoms with van der Waals surface area (Å²) in [5, 5.41) is 4.33. The highest BCUT2D eigenvalue weighted by atomic mass is 35.5.